The van der Waals surface area contributed by atoms with Crippen LogP contribution in [0, 0.1) is 12.7 Å². The second-order valence-electron chi connectivity index (χ2n) is 5.60. The molecule has 140 valence electrons. The normalized spacial score (nSPS) is 10.6. The number of ether oxygens (including phenoxy) is 1. The lowest BCUT2D eigenvalue weighted by atomic mass is 10.1. The Bertz CT molecular complexity index is 751. The molecule has 6 nitrogen and oxygen atoms in total. The van der Waals surface area contributed by atoms with Gasteiger partial charge in [-0.2, -0.15) is 0 Å². The van der Waals surface area contributed by atoms with Crippen LogP contribution in [0.1, 0.15) is 29.4 Å². The number of aromatic nitrogens is 1. The average Bonchev–Trinajstić information content (AvgIpc) is 3.02. The van der Waals surface area contributed by atoms with Crippen LogP contribution >= 0.6 is 11.3 Å². The van der Waals surface area contributed by atoms with E-state index in [0.29, 0.717) is 24.8 Å². The van der Waals surface area contributed by atoms with Crippen molar-refractivity contribution in [3.05, 3.63) is 46.7 Å². The van der Waals surface area contributed by atoms with Crippen LogP contribution < -0.4 is 5.32 Å². The molecule has 0 fully saturated rings. The van der Waals surface area contributed by atoms with Gasteiger partial charge in [-0.05, 0) is 32.4 Å². The van der Waals surface area contributed by atoms with E-state index in [1.54, 1.807) is 6.07 Å². The fraction of sp³-hybridized carbons (Fsp3) is 0.389. The number of halogens is 1. The number of rotatable bonds is 9. The molecule has 1 N–H and O–H groups in total. The number of aryl methyl sites for hydroxylation is 1. The van der Waals surface area contributed by atoms with Crippen LogP contribution in [-0.2, 0) is 9.53 Å². The Balaban J connectivity index is 2.05. The number of benzene rings is 1. The molecule has 0 radical (unpaired) electrons. The monoisotopic (exact) mass is 379 g/mol. The number of anilines is 1. The lowest BCUT2D eigenvalue weighted by Crippen LogP contribution is -2.39. The van der Waals surface area contributed by atoms with E-state index < -0.39 is 11.7 Å². The summed E-state index contributed by atoms with van der Waals surface area (Å²) in [6.45, 7) is 4.85. The molecular weight excluding hydrogens is 357 g/mol. The molecule has 1 aromatic carbocycles. The highest BCUT2D eigenvalue weighted by molar-refractivity contribution is 7.13. The van der Waals surface area contributed by atoms with Crippen LogP contribution in [0.3, 0.4) is 0 Å². The Morgan fingerprint density at radius 2 is 2.12 bits per heavy atom. The Morgan fingerprint density at radius 3 is 2.77 bits per heavy atom. The predicted molar refractivity (Wildman–Crippen MR) is 98.9 cm³/mol. The van der Waals surface area contributed by atoms with Crippen LogP contribution in [0.15, 0.2) is 29.6 Å². The first kappa shape index (κ1) is 20.0. The van der Waals surface area contributed by atoms with Crippen molar-refractivity contribution in [2.75, 3.05) is 31.6 Å². The molecule has 0 spiro atoms. The molecule has 0 aliphatic carbocycles. The highest BCUT2D eigenvalue weighted by Gasteiger charge is 2.21. The van der Waals surface area contributed by atoms with Gasteiger partial charge in [0.05, 0.1) is 11.3 Å². The highest BCUT2D eigenvalue weighted by atomic mass is 32.1. The van der Waals surface area contributed by atoms with Crippen molar-refractivity contribution in [1.29, 1.82) is 0 Å². The summed E-state index contributed by atoms with van der Waals surface area (Å²) in [5.41, 5.74) is 0.753. The van der Waals surface area contributed by atoms with Crippen molar-refractivity contribution in [1.82, 2.24) is 9.88 Å². The van der Waals surface area contributed by atoms with Gasteiger partial charge in [-0.1, -0.05) is 12.1 Å². The topological polar surface area (TPSA) is 71.5 Å². The van der Waals surface area contributed by atoms with Gasteiger partial charge in [-0.3, -0.25) is 9.59 Å². The van der Waals surface area contributed by atoms with E-state index in [1.165, 1.54) is 34.4 Å². The van der Waals surface area contributed by atoms with Crippen LogP contribution in [0.25, 0.3) is 0 Å². The third kappa shape index (κ3) is 5.89. The second kappa shape index (κ2) is 9.98. The molecule has 0 aliphatic rings. The molecular formula is C18H22FN3O3S. The first-order valence-electron chi connectivity index (χ1n) is 8.34. The van der Waals surface area contributed by atoms with E-state index in [4.69, 9.17) is 4.74 Å². The quantitative estimate of drug-likeness (QED) is 0.680. The fourth-order valence-electron chi connectivity index (χ4n) is 2.30. The summed E-state index contributed by atoms with van der Waals surface area (Å²) in [5.74, 6) is -1.51. The third-order valence-electron chi connectivity index (χ3n) is 3.51. The second-order valence-corrected chi connectivity index (χ2v) is 6.46. The zero-order chi connectivity index (χ0) is 18.9. The number of hydrogen-bond acceptors (Lipinski definition) is 5. The number of nitrogens with one attached hydrogen (secondary N) is 1. The molecule has 0 atom stereocenters. The van der Waals surface area contributed by atoms with Gasteiger partial charge in [0.2, 0.25) is 5.91 Å². The smallest absolute Gasteiger partial charge is 0.257 e. The molecule has 0 unspecified atom stereocenters. The summed E-state index contributed by atoms with van der Waals surface area (Å²) in [5, 5.41) is 4.96. The zero-order valence-electron chi connectivity index (χ0n) is 14.8. The maximum Gasteiger partial charge on any atom is 0.257 e. The first-order chi connectivity index (χ1) is 12.5. The van der Waals surface area contributed by atoms with Crippen LogP contribution in [0.5, 0.6) is 0 Å². The van der Waals surface area contributed by atoms with Crippen LogP contribution in [0.2, 0.25) is 0 Å². The highest BCUT2D eigenvalue weighted by Crippen LogP contribution is 2.15. The van der Waals surface area contributed by atoms with Gasteiger partial charge >= 0.3 is 0 Å². The Hall–Kier alpha value is -2.32. The van der Waals surface area contributed by atoms with E-state index in [9.17, 15) is 14.0 Å². The molecule has 1 aromatic heterocycles. The third-order valence-corrected chi connectivity index (χ3v) is 4.39. The SMILES string of the molecule is CCOCCCN(CC(=O)Nc1nc(C)cs1)C(=O)c1ccccc1F. The number of thiazole rings is 1. The number of nitrogens with zero attached hydrogens (tertiary/aromatic N) is 2. The Labute approximate surface area is 156 Å². The molecule has 1 heterocycles. The molecule has 2 aromatic rings. The maximum absolute atomic E-state index is 13.9. The summed E-state index contributed by atoms with van der Waals surface area (Å²) in [6, 6.07) is 5.75. The van der Waals surface area contributed by atoms with Crippen molar-refractivity contribution >= 4 is 28.3 Å². The average molecular weight is 379 g/mol. The van der Waals surface area contributed by atoms with E-state index in [1.807, 2.05) is 19.2 Å². The first-order valence-corrected chi connectivity index (χ1v) is 9.22. The Kier molecular flexibility index (Phi) is 7.68. The largest absolute Gasteiger partial charge is 0.382 e. The van der Waals surface area contributed by atoms with Gasteiger partial charge in [-0.25, -0.2) is 9.37 Å². The maximum atomic E-state index is 13.9. The standard InChI is InChI=1S/C18H22FN3O3S/c1-3-25-10-6-9-22(17(24)14-7-4-5-8-15(14)19)11-16(23)21-18-20-13(2)12-26-18/h4-5,7-8,12H,3,6,9-11H2,1-2H3,(H,20,21,23). The van der Waals surface area contributed by atoms with Crippen LogP contribution in [0.4, 0.5) is 9.52 Å². The zero-order valence-corrected chi connectivity index (χ0v) is 15.6. The summed E-state index contributed by atoms with van der Waals surface area (Å²) >= 11 is 1.31. The fourth-order valence-corrected chi connectivity index (χ4v) is 3.01. The van der Waals surface area contributed by atoms with Gasteiger partial charge in [0.1, 0.15) is 12.4 Å². The predicted octanol–water partition coefficient (Wildman–Crippen LogP) is 3.10. The van der Waals surface area contributed by atoms with E-state index in [0.717, 1.165) is 5.69 Å². The number of amides is 2. The van der Waals surface area contributed by atoms with Gasteiger partial charge in [-0.15, -0.1) is 11.3 Å². The summed E-state index contributed by atoms with van der Waals surface area (Å²) in [4.78, 5) is 30.4. The minimum absolute atomic E-state index is 0.0539. The number of carbonyl (C=O) groups excluding carboxylic acids is 2. The molecule has 0 aliphatic heterocycles. The van der Waals surface area contributed by atoms with Crippen molar-refractivity contribution in [3.63, 3.8) is 0 Å². The van der Waals surface area contributed by atoms with Gasteiger partial charge < -0.3 is 15.0 Å². The number of hydrogen-bond donors (Lipinski definition) is 1. The molecule has 26 heavy (non-hydrogen) atoms. The molecule has 2 rings (SSSR count). The Morgan fingerprint density at radius 1 is 1.35 bits per heavy atom. The lowest BCUT2D eigenvalue weighted by molar-refractivity contribution is -0.117. The molecule has 0 saturated carbocycles. The van der Waals surface area contributed by atoms with E-state index in [2.05, 4.69) is 10.3 Å². The van der Waals surface area contributed by atoms with Crippen molar-refractivity contribution in [2.24, 2.45) is 0 Å². The van der Waals surface area contributed by atoms with Gasteiger partial charge in [0.15, 0.2) is 5.13 Å². The van der Waals surface area contributed by atoms with Gasteiger partial charge in [0, 0.05) is 25.1 Å². The lowest BCUT2D eigenvalue weighted by Gasteiger charge is -2.22. The minimum atomic E-state index is -0.608. The van der Waals surface area contributed by atoms with E-state index >= 15 is 0 Å². The molecule has 2 amide bonds. The minimum Gasteiger partial charge on any atom is -0.382 e. The molecule has 8 heteroatoms. The van der Waals surface area contributed by atoms with Crippen molar-refractivity contribution in [3.8, 4) is 0 Å². The number of carbonyl (C=O) groups is 2. The van der Waals surface area contributed by atoms with Crippen molar-refractivity contribution in [2.45, 2.75) is 20.3 Å². The van der Waals surface area contributed by atoms with E-state index in [-0.39, 0.29) is 24.6 Å². The summed E-state index contributed by atoms with van der Waals surface area (Å²) < 4.78 is 19.2. The van der Waals surface area contributed by atoms with Crippen LogP contribution in [-0.4, -0.2) is 48.0 Å². The van der Waals surface area contributed by atoms with Gasteiger partial charge in [0.25, 0.3) is 5.91 Å². The van der Waals surface area contributed by atoms with Crippen molar-refractivity contribution < 1.29 is 18.7 Å². The molecule has 0 saturated heterocycles. The molecule has 0 bridgehead atoms. The summed E-state index contributed by atoms with van der Waals surface area (Å²) in [6.07, 6.45) is 0.553. The summed E-state index contributed by atoms with van der Waals surface area (Å²) in [7, 11) is 0.